The molecule has 0 fully saturated rings. The van der Waals surface area contributed by atoms with Crippen LogP contribution in [-0.2, 0) is 0 Å². The average molecular weight is 175 g/mol. The summed E-state index contributed by atoms with van der Waals surface area (Å²) in [6.45, 7) is 2.32. The molecule has 1 aromatic rings. The second-order valence-electron chi connectivity index (χ2n) is 3.03. The van der Waals surface area contributed by atoms with Gasteiger partial charge in [-0.1, -0.05) is 12.1 Å². The summed E-state index contributed by atoms with van der Waals surface area (Å²) < 4.78 is 0. The predicted octanol–water partition coefficient (Wildman–Crippen LogP) is 0.825. The van der Waals surface area contributed by atoms with Crippen LogP contribution in [0.5, 0.6) is 0 Å². The molecule has 4 N–H and O–H groups in total. The Labute approximate surface area is 78.0 Å². The van der Waals surface area contributed by atoms with Crippen molar-refractivity contribution in [2.24, 2.45) is 11.5 Å². The van der Waals surface area contributed by atoms with E-state index in [1.54, 1.807) is 6.07 Å². The second kappa shape index (κ2) is 4.04. The van der Waals surface area contributed by atoms with Gasteiger partial charge in [0.1, 0.15) is 0 Å². The Hall–Kier alpha value is -1.37. The average Bonchev–Trinajstić information content (AvgIpc) is 2.16. The maximum absolute atomic E-state index is 8.70. The molecule has 1 atom stereocenters. The molecule has 0 aliphatic heterocycles. The second-order valence-corrected chi connectivity index (χ2v) is 3.03. The van der Waals surface area contributed by atoms with Crippen LogP contribution < -0.4 is 11.5 Å². The van der Waals surface area contributed by atoms with E-state index in [-0.39, 0.29) is 6.04 Å². The van der Waals surface area contributed by atoms with Crippen molar-refractivity contribution in [1.82, 2.24) is 0 Å². The number of nitriles is 1. The molecule has 1 aromatic carbocycles. The molecule has 13 heavy (non-hydrogen) atoms. The van der Waals surface area contributed by atoms with Gasteiger partial charge in [0.2, 0.25) is 0 Å². The fraction of sp³-hybridized carbons (Fsp3) is 0.300. The van der Waals surface area contributed by atoms with E-state index in [0.717, 1.165) is 11.1 Å². The van der Waals surface area contributed by atoms with Crippen LogP contribution in [0.25, 0.3) is 0 Å². The Morgan fingerprint density at radius 2 is 2.23 bits per heavy atom. The third-order valence-corrected chi connectivity index (χ3v) is 2.05. The van der Waals surface area contributed by atoms with Crippen molar-refractivity contribution in [2.75, 3.05) is 6.54 Å². The van der Waals surface area contributed by atoms with Crippen LogP contribution in [0, 0.1) is 18.3 Å². The first-order valence-electron chi connectivity index (χ1n) is 4.15. The fourth-order valence-corrected chi connectivity index (χ4v) is 1.18. The van der Waals surface area contributed by atoms with Crippen LogP contribution in [0.15, 0.2) is 18.2 Å². The third kappa shape index (κ3) is 2.05. The first-order valence-corrected chi connectivity index (χ1v) is 4.15. The molecule has 0 bridgehead atoms. The lowest BCUT2D eigenvalue weighted by Crippen LogP contribution is -2.20. The van der Waals surface area contributed by atoms with Gasteiger partial charge in [-0.25, -0.2) is 0 Å². The minimum absolute atomic E-state index is 0.133. The smallest absolute Gasteiger partial charge is 0.0994 e. The number of rotatable bonds is 2. The molecule has 0 saturated heterocycles. The normalized spacial score (nSPS) is 12.2. The first kappa shape index (κ1) is 9.72. The van der Waals surface area contributed by atoms with Gasteiger partial charge in [0.15, 0.2) is 0 Å². The molecule has 3 heteroatoms. The van der Waals surface area contributed by atoms with E-state index in [2.05, 4.69) is 6.07 Å². The largest absolute Gasteiger partial charge is 0.329 e. The van der Waals surface area contributed by atoms with Crippen LogP contribution in [-0.4, -0.2) is 6.54 Å². The summed E-state index contributed by atoms with van der Waals surface area (Å²) >= 11 is 0. The maximum atomic E-state index is 8.70. The van der Waals surface area contributed by atoms with E-state index >= 15 is 0 Å². The first-order chi connectivity index (χ1) is 6.19. The van der Waals surface area contributed by atoms with Crippen molar-refractivity contribution in [3.8, 4) is 6.07 Å². The topological polar surface area (TPSA) is 75.8 Å². The Kier molecular flexibility index (Phi) is 3.02. The summed E-state index contributed by atoms with van der Waals surface area (Å²) in [6.07, 6.45) is 0. The molecule has 0 aliphatic rings. The van der Waals surface area contributed by atoms with Gasteiger partial charge in [0.05, 0.1) is 11.6 Å². The van der Waals surface area contributed by atoms with Crippen molar-refractivity contribution in [3.05, 3.63) is 34.9 Å². The molecule has 0 radical (unpaired) electrons. The summed E-state index contributed by atoms with van der Waals surface area (Å²) in [5.74, 6) is 0. The lowest BCUT2D eigenvalue weighted by Gasteiger charge is -2.09. The van der Waals surface area contributed by atoms with E-state index < -0.39 is 0 Å². The monoisotopic (exact) mass is 175 g/mol. The molecule has 0 amide bonds. The Bertz CT molecular complexity index is 339. The molecule has 68 valence electrons. The molecule has 0 unspecified atom stereocenters. The van der Waals surface area contributed by atoms with Crippen molar-refractivity contribution in [1.29, 1.82) is 5.26 Å². The van der Waals surface area contributed by atoms with Crippen LogP contribution in [0.1, 0.15) is 22.7 Å². The van der Waals surface area contributed by atoms with E-state index in [9.17, 15) is 0 Å². The quantitative estimate of drug-likeness (QED) is 0.698. The molecule has 0 saturated carbocycles. The summed E-state index contributed by atoms with van der Waals surface area (Å²) in [5, 5.41) is 8.70. The van der Waals surface area contributed by atoms with Gasteiger partial charge in [-0.15, -0.1) is 0 Å². The zero-order valence-corrected chi connectivity index (χ0v) is 7.62. The van der Waals surface area contributed by atoms with E-state index in [1.165, 1.54) is 0 Å². The van der Waals surface area contributed by atoms with Gasteiger partial charge in [-0.05, 0) is 24.1 Å². The van der Waals surface area contributed by atoms with Gasteiger partial charge >= 0.3 is 0 Å². The zero-order valence-electron chi connectivity index (χ0n) is 7.62. The molecule has 0 spiro atoms. The molecule has 3 nitrogen and oxygen atoms in total. The van der Waals surface area contributed by atoms with Gasteiger partial charge < -0.3 is 11.5 Å². The minimum Gasteiger partial charge on any atom is -0.329 e. The number of hydrogen-bond acceptors (Lipinski definition) is 3. The number of nitrogens with two attached hydrogens (primary N) is 2. The zero-order chi connectivity index (χ0) is 9.84. The highest BCUT2D eigenvalue weighted by molar-refractivity contribution is 5.40. The van der Waals surface area contributed by atoms with Crippen molar-refractivity contribution in [2.45, 2.75) is 13.0 Å². The van der Waals surface area contributed by atoms with Gasteiger partial charge in [-0.3, -0.25) is 0 Å². The van der Waals surface area contributed by atoms with Crippen LogP contribution in [0.2, 0.25) is 0 Å². The SMILES string of the molecule is Cc1cc([C@H](N)CN)ccc1C#N. The van der Waals surface area contributed by atoms with Crippen molar-refractivity contribution < 1.29 is 0 Å². The molecule has 1 rings (SSSR count). The van der Waals surface area contributed by atoms with Gasteiger partial charge in [0, 0.05) is 12.6 Å². The van der Waals surface area contributed by atoms with Crippen molar-refractivity contribution >= 4 is 0 Å². The summed E-state index contributed by atoms with van der Waals surface area (Å²) in [5.41, 5.74) is 13.8. The minimum atomic E-state index is -0.133. The number of benzene rings is 1. The Balaban J connectivity index is 3.04. The number of aryl methyl sites for hydroxylation is 1. The fourth-order valence-electron chi connectivity index (χ4n) is 1.18. The van der Waals surface area contributed by atoms with E-state index in [4.69, 9.17) is 16.7 Å². The standard InChI is InChI=1S/C10H13N3/c1-7-4-8(10(13)6-12)2-3-9(7)5-11/h2-4,10H,6,12-13H2,1H3/t10-/m1/s1. The number of nitrogens with zero attached hydrogens (tertiary/aromatic N) is 1. The van der Waals surface area contributed by atoms with Gasteiger partial charge in [-0.2, -0.15) is 5.26 Å². The highest BCUT2D eigenvalue weighted by Gasteiger charge is 2.05. The highest BCUT2D eigenvalue weighted by atomic mass is 14.7. The van der Waals surface area contributed by atoms with E-state index in [0.29, 0.717) is 12.1 Å². The van der Waals surface area contributed by atoms with Crippen LogP contribution in [0.4, 0.5) is 0 Å². The Morgan fingerprint density at radius 1 is 1.54 bits per heavy atom. The predicted molar refractivity (Wildman–Crippen MR) is 51.9 cm³/mol. The molecular weight excluding hydrogens is 162 g/mol. The molecule has 0 aliphatic carbocycles. The molecule has 0 heterocycles. The van der Waals surface area contributed by atoms with Gasteiger partial charge in [0.25, 0.3) is 0 Å². The molecule has 0 aromatic heterocycles. The van der Waals surface area contributed by atoms with Crippen LogP contribution >= 0.6 is 0 Å². The van der Waals surface area contributed by atoms with E-state index in [1.807, 2.05) is 19.1 Å². The van der Waals surface area contributed by atoms with Crippen molar-refractivity contribution in [3.63, 3.8) is 0 Å². The Morgan fingerprint density at radius 3 is 2.69 bits per heavy atom. The summed E-state index contributed by atoms with van der Waals surface area (Å²) in [7, 11) is 0. The lowest BCUT2D eigenvalue weighted by atomic mass is 10.0. The summed E-state index contributed by atoms with van der Waals surface area (Å²) in [4.78, 5) is 0. The molecular formula is C10H13N3. The lowest BCUT2D eigenvalue weighted by molar-refractivity contribution is 0.736. The maximum Gasteiger partial charge on any atom is 0.0994 e. The number of hydrogen-bond donors (Lipinski definition) is 2. The highest BCUT2D eigenvalue weighted by Crippen LogP contribution is 2.14. The third-order valence-electron chi connectivity index (χ3n) is 2.05. The summed E-state index contributed by atoms with van der Waals surface area (Å²) in [6, 6.07) is 7.52. The van der Waals surface area contributed by atoms with Crippen LogP contribution in [0.3, 0.4) is 0 Å².